The second kappa shape index (κ2) is 4.49. The van der Waals surface area contributed by atoms with Gasteiger partial charge in [0.2, 0.25) is 5.90 Å². The van der Waals surface area contributed by atoms with Crippen LogP contribution in [0.25, 0.3) is 0 Å². The highest BCUT2D eigenvalue weighted by molar-refractivity contribution is 5.83. The van der Waals surface area contributed by atoms with E-state index in [0.29, 0.717) is 12.6 Å². The first-order chi connectivity index (χ1) is 8.33. The van der Waals surface area contributed by atoms with Gasteiger partial charge in [-0.15, -0.1) is 0 Å². The summed E-state index contributed by atoms with van der Waals surface area (Å²) >= 11 is 0. The van der Waals surface area contributed by atoms with Crippen LogP contribution >= 0.6 is 0 Å². The van der Waals surface area contributed by atoms with Crippen LogP contribution in [0, 0.1) is 6.92 Å². The summed E-state index contributed by atoms with van der Waals surface area (Å²) in [6.07, 6.45) is 2.38. The molecular weight excluding hydrogens is 212 g/mol. The van der Waals surface area contributed by atoms with Crippen molar-refractivity contribution in [1.29, 1.82) is 0 Å². The predicted octanol–water partition coefficient (Wildman–Crippen LogP) is 2.22. The van der Waals surface area contributed by atoms with Gasteiger partial charge in [-0.1, -0.05) is 29.8 Å². The Balaban J connectivity index is 1.78. The van der Waals surface area contributed by atoms with E-state index in [2.05, 4.69) is 36.5 Å². The van der Waals surface area contributed by atoms with Crippen LogP contribution in [0.4, 0.5) is 0 Å². The third-order valence-electron chi connectivity index (χ3n) is 3.46. The zero-order valence-electron chi connectivity index (χ0n) is 10.1. The Morgan fingerprint density at radius 3 is 3.12 bits per heavy atom. The van der Waals surface area contributed by atoms with Gasteiger partial charge in [-0.3, -0.25) is 0 Å². The topological polar surface area (TPSA) is 33.6 Å². The molecular formula is C14H18N2O. The van der Waals surface area contributed by atoms with Crippen LogP contribution in [0.15, 0.2) is 29.3 Å². The first-order valence-electron chi connectivity index (χ1n) is 6.33. The van der Waals surface area contributed by atoms with Gasteiger partial charge < -0.3 is 10.1 Å². The van der Waals surface area contributed by atoms with Gasteiger partial charge in [-0.2, -0.15) is 0 Å². The summed E-state index contributed by atoms with van der Waals surface area (Å²) in [6.45, 7) is 3.89. The minimum absolute atomic E-state index is 0.187. The average molecular weight is 230 g/mol. The highest BCUT2D eigenvalue weighted by Gasteiger charge is 2.28. The molecule has 1 aromatic carbocycles. The fraction of sp³-hybridized carbons (Fsp3) is 0.500. The van der Waals surface area contributed by atoms with Crippen LogP contribution in [0.2, 0.25) is 0 Å². The second-order valence-electron chi connectivity index (χ2n) is 4.86. The van der Waals surface area contributed by atoms with Gasteiger partial charge in [0.1, 0.15) is 12.6 Å². The van der Waals surface area contributed by atoms with Gasteiger partial charge in [0.15, 0.2) is 0 Å². The van der Waals surface area contributed by atoms with E-state index < -0.39 is 0 Å². The average Bonchev–Trinajstić information content (AvgIpc) is 3.00. The Bertz CT molecular complexity index is 436. The third kappa shape index (κ3) is 2.20. The summed E-state index contributed by atoms with van der Waals surface area (Å²) in [6, 6.07) is 9.07. The van der Waals surface area contributed by atoms with Crippen molar-refractivity contribution < 1.29 is 4.74 Å². The Labute approximate surface area is 102 Å². The fourth-order valence-electron chi connectivity index (χ4n) is 2.53. The summed E-state index contributed by atoms with van der Waals surface area (Å²) in [4.78, 5) is 4.71. The van der Waals surface area contributed by atoms with Gasteiger partial charge in [-0.05, 0) is 31.9 Å². The molecule has 0 radical (unpaired) electrons. The maximum absolute atomic E-state index is 5.73. The van der Waals surface area contributed by atoms with Gasteiger partial charge in [0, 0.05) is 0 Å². The number of nitrogens with zero attached hydrogens (tertiary/aromatic N) is 1. The minimum Gasteiger partial charge on any atom is -0.477 e. The zero-order valence-corrected chi connectivity index (χ0v) is 10.1. The molecule has 3 nitrogen and oxygen atoms in total. The van der Waals surface area contributed by atoms with Crippen molar-refractivity contribution in [2.45, 2.75) is 31.8 Å². The summed E-state index contributed by atoms with van der Waals surface area (Å²) in [7, 11) is 0. The lowest BCUT2D eigenvalue weighted by Gasteiger charge is -2.08. The quantitative estimate of drug-likeness (QED) is 0.845. The molecule has 0 aromatic heterocycles. The molecule has 2 heterocycles. The second-order valence-corrected chi connectivity index (χ2v) is 4.86. The lowest BCUT2D eigenvalue weighted by molar-refractivity contribution is 0.304. The maximum Gasteiger partial charge on any atom is 0.201 e. The molecule has 2 aliphatic rings. The van der Waals surface area contributed by atoms with Crippen molar-refractivity contribution >= 4 is 5.90 Å². The molecule has 1 fully saturated rings. The monoisotopic (exact) mass is 230 g/mol. The molecule has 1 aromatic rings. The van der Waals surface area contributed by atoms with E-state index in [9.17, 15) is 0 Å². The lowest BCUT2D eigenvalue weighted by atomic mass is 10.1. The molecule has 2 aliphatic heterocycles. The highest BCUT2D eigenvalue weighted by atomic mass is 16.5. The van der Waals surface area contributed by atoms with Crippen molar-refractivity contribution in [3.63, 3.8) is 0 Å². The third-order valence-corrected chi connectivity index (χ3v) is 3.46. The number of rotatable bonds is 2. The molecule has 0 amide bonds. The summed E-state index contributed by atoms with van der Waals surface area (Å²) in [5.41, 5.74) is 2.54. The van der Waals surface area contributed by atoms with Crippen LogP contribution in [0.3, 0.4) is 0 Å². The largest absolute Gasteiger partial charge is 0.477 e. The van der Waals surface area contributed by atoms with E-state index in [0.717, 1.165) is 18.9 Å². The lowest BCUT2D eigenvalue weighted by Crippen LogP contribution is -2.30. The summed E-state index contributed by atoms with van der Waals surface area (Å²) in [5, 5.41) is 3.43. The van der Waals surface area contributed by atoms with E-state index >= 15 is 0 Å². The molecule has 2 atom stereocenters. The molecule has 3 rings (SSSR count). The number of nitrogens with one attached hydrogen (secondary N) is 1. The van der Waals surface area contributed by atoms with Gasteiger partial charge in [0.25, 0.3) is 0 Å². The molecule has 3 heteroatoms. The smallest absolute Gasteiger partial charge is 0.201 e. The Hall–Kier alpha value is -1.35. The molecule has 0 saturated carbocycles. The van der Waals surface area contributed by atoms with Crippen molar-refractivity contribution in [1.82, 2.24) is 5.32 Å². The molecule has 90 valence electrons. The van der Waals surface area contributed by atoms with Crippen molar-refractivity contribution in [3.05, 3.63) is 35.4 Å². The summed E-state index contributed by atoms with van der Waals surface area (Å²) in [5.74, 6) is 0.911. The maximum atomic E-state index is 5.73. The molecule has 0 bridgehead atoms. The Kier molecular flexibility index (Phi) is 2.85. The number of hydrogen-bond acceptors (Lipinski definition) is 3. The molecule has 2 unspecified atom stereocenters. The summed E-state index contributed by atoms with van der Waals surface area (Å²) < 4.78 is 5.73. The molecule has 1 saturated heterocycles. The number of ether oxygens (including phenoxy) is 1. The van der Waals surface area contributed by atoms with Crippen molar-refractivity contribution in [3.8, 4) is 0 Å². The first kappa shape index (κ1) is 10.8. The van der Waals surface area contributed by atoms with Gasteiger partial charge in [-0.25, -0.2) is 4.99 Å². The van der Waals surface area contributed by atoms with Crippen LogP contribution in [0.5, 0.6) is 0 Å². The zero-order chi connectivity index (χ0) is 11.7. The fourth-order valence-corrected chi connectivity index (χ4v) is 2.53. The van der Waals surface area contributed by atoms with Crippen molar-refractivity contribution in [2.24, 2.45) is 4.99 Å². The van der Waals surface area contributed by atoms with Gasteiger partial charge >= 0.3 is 0 Å². The van der Waals surface area contributed by atoms with E-state index in [1.54, 1.807) is 0 Å². The Morgan fingerprint density at radius 2 is 2.35 bits per heavy atom. The molecule has 17 heavy (non-hydrogen) atoms. The van der Waals surface area contributed by atoms with Gasteiger partial charge in [0.05, 0.1) is 6.04 Å². The van der Waals surface area contributed by atoms with Crippen LogP contribution < -0.4 is 5.32 Å². The minimum atomic E-state index is 0.187. The normalized spacial score (nSPS) is 27.9. The van der Waals surface area contributed by atoms with E-state index in [1.807, 2.05) is 0 Å². The Morgan fingerprint density at radius 1 is 1.41 bits per heavy atom. The van der Waals surface area contributed by atoms with Crippen molar-refractivity contribution in [2.75, 3.05) is 13.2 Å². The van der Waals surface area contributed by atoms with E-state index in [4.69, 9.17) is 9.73 Å². The molecule has 1 N–H and O–H groups in total. The first-order valence-corrected chi connectivity index (χ1v) is 6.33. The number of benzene rings is 1. The SMILES string of the molecule is Cc1cccc(C2COC(C3CCCN3)=N2)c1. The molecule has 0 aliphatic carbocycles. The number of aryl methyl sites for hydroxylation is 1. The van der Waals surface area contributed by atoms with Crippen LogP contribution in [0.1, 0.15) is 30.0 Å². The standard InChI is InChI=1S/C14H18N2O/c1-10-4-2-5-11(8-10)13-9-17-14(16-13)12-6-3-7-15-12/h2,4-5,8,12-13,15H,3,6-7,9H2,1H3. The van der Waals surface area contributed by atoms with E-state index in [1.165, 1.54) is 17.5 Å². The predicted molar refractivity (Wildman–Crippen MR) is 68.3 cm³/mol. The number of hydrogen-bond donors (Lipinski definition) is 1. The van der Waals surface area contributed by atoms with Crippen LogP contribution in [-0.2, 0) is 4.74 Å². The molecule has 0 spiro atoms. The van der Waals surface area contributed by atoms with E-state index in [-0.39, 0.29) is 6.04 Å². The highest BCUT2D eigenvalue weighted by Crippen LogP contribution is 2.25. The number of aliphatic imine (C=N–C) groups is 1. The van der Waals surface area contributed by atoms with Crippen LogP contribution in [-0.4, -0.2) is 25.1 Å².